The van der Waals surface area contributed by atoms with Crippen LogP contribution in [0.15, 0.2) is 23.2 Å². The van der Waals surface area contributed by atoms with Crippen LogP contribution >= 0.6 is 0 Å². The number of aromatic nitrogens is 1. The fourth-order valence-electron chi connectivity index (χ4n) is 1.37. The largest absolute Gasteiger partial charge is 0.317 e. The standard InChI is InChI=1S/C11H16N4O2S/c1-2-13-6-4-8-15-18(16,17)11-5-3-7-14-10(11)9-12/h3,5,7,13,15H,2,4,6,8H2,1H3. The molecule has 18 heavy (non-hydrogen) atoms. The van der Waals surface area contributed by atoms with E-state index < -0.39 is 10.0 Å². The summed E-state index contributed by atoms with van der Waals surface area (Å²) in [5, 5.41) is 11.9. The van der Waals surface area contributed by atoms with Gasteiger partial charge in [0.25, 0.3) is 0 Å². The Bertz CT molecular complexity index is 522. The predicted octanol–water partition coefficient (Wildman–Crippen LogP) is 0.231. The summed E-state index contributed by atoms with van der Waals surface area (Å²) < 4.78 is 26.3. The predicted molar refractivity (Wildman–Crippen MR) is 67.3 cm³/mol. The van der Waals surface area contributed by atoms with Gasteiger partial charge in [-0.25, -0.2) is 18.1 Å². The number of rotatable bonds is 7. The van der Waals surface area contributed by atoms with Gasteiger partial charge in [0, 0.05) is 12.7 Å². The van der Waals surface area contributed by atoms with Crippen molar-refractivity contribution in [3.63, 3.8) is 0 Å². The van der Waals surface area contributed by atoms with E-state index in [0.717, 1.165) is 13.1 Å². The Hall–Kier alpha value is -1.49. The minimum absolute atomic E-state index is 0.0732. The third-order valence-corrected chi connectivity index (χ3v) is 3.73. The minimum Gasteiger partial charge on any atom is -0.317 e. The van der Waals surface area contributed by atoms with Gasteiger partial charge in [-0.2, -0.15) is 5.26 Å². The highest BCUT2D eigenvalue weighted by atomic mass is 32.2. The van der Waals surface area contributed by atoms with Crippen molar-refractivity contribution in [2.24, 2.45) is 0 Å². The van der Waals surface area contributed by atoms with Crippen LogP contribution < -0.4 is 10.0 Å². The summed E-state index contributed by atoms with van der Waals surface area (Å²) in [4.78, 5) is 3.66. The molecular formula is C11H16N4O2S. The molecule has 0 saturated heterocycles. The lowest BCUT2D eigenvalue weighted by molar-refractivity contribution is 0.574. The molecule has 1 aromatic rings. The van der Waals surface area contributed by atoms with Gasteiger partial charge in [0.2, 0.25) is 10.0 Å². The van der Waals surface area contributed by atoms with Gasteiger partial charge in [-0.05, 0) is 31.6 Å². The molecule has 0 amide bonds. The first-order valence-corrected chi connectivity index (χ1v) is 7.15. The second-order valence-electron chi connectivity index (χ2n) is 3.57. The Morgan fingerprint density at radius 2 is 2.22 bits per heavy atom. The van der Waals surface area contributed by atoms with Crippen LogP contribution in [0.1, 0.15) is 19.0 Å². The van der Waals surface area contributed by atoms with E-state index in [1.165, 1.54) is 18.3 Å². The summed E-state index contributed by atoms with van der Waals surface area (Å²) >= 11 is 0. The van der Waals surface area contributed by atoms with Crippen LogP contribution in [-0.4, -0.2) is 33.0 Å². The fourth-order valence-corrected chi connectivity index (χ4v) is 2.54. The van der Waals surface area contributed by atoms with E-state index >= 15 is 0 Å². The Balaban J connectivity index is 2.67. The second-order valence-corrected chi connectivity index (χ2v) is 5.30. The molecule has 0 saturated carbocycles. The Kier molecular flexibility index (Phi) is 5.71. The molecule has 0 bridgehead atoms. The number of nitrogens with zero attached hydrogens (tertiary/aromatic N) is 2. The van der Waals surface area contributed by atoms with Gasteiger partial charge in [-0.1, -0.05) is 6.92 Å². The summed E-state index contributed by atoms with van der Waals surface area (Å²) in [6.45, 7) is 3.92. The third kappa shape index (κ3) is 4.07. The number of hydrogen-bond donors (Lipinski definition) is 2. The molecule has 2 N–H and O–H groups in total. The lowest BCUT2D eigenvalue weighted by Crippen LogP contribution is -2.28. The molecule has 0 aliphatic rings. The quantitative estimate of drug-likeness (QED) is 0.690. The maximum atomic E-state index is 11.9. The highest BCUT2D eigenvalue weighted by molar-refractivity contribution is 7.89. The molecular weight excluding hydrogens is 252 g/mol. The van der Waals surface area contributed by atoms with Crippen LogP contribution in [0.3, 0.4) is 0 Å². The number of pyridine rings is 1. The molecule has 1 aromatic heterocycles. The van der Waals surface area contributed by atoms with Gasteiger partial charge in [0.1, 0.15) is 11.0 Å². The normalized spacial score (nSPS) is 11.1. The molecule has 1 rings (SSSR count). The zero-order chi connectivity index (χ0) is 13.4. The topological polar surface area (TPSA) is 94.9 Å². The highest BCUT2D eigenvalue weighted by Crippen LogP contribution is 2.11. The van der Waals surface area contributed by atoms with Gasteiger partial charge in [-0.3, -0.25) is 0 Å². The Morgan fingerprint density at radius 3 is 2.89 bits per heavy atom. The molecule has 0 aliphatic carbocycles. The first kappa shape index (κ1) is 14.6. The van der Waals surface area contributed by atoms with Gasteiger partial charge < -0.3 is 5.32 Å². The van der Waals surface area contributed by atoms with E-state index in [4.69, 9.17) is 5.26 Å². The molecule has 7 heteroatoms. The van der Waals surface area contributed by atoms with Gasteiger partial charge in [0.05, 0.1) is 0 Å². The SMILES string of the molecule is CCNCCCNS(=O)(=O)c1cccnc1C#N. The molecule has 0 spiro atoms. The maximum absolute atomic E-state index is 11.9. The zero-order valence-electron chi connectivity index (χ0n) is 10.2. The molecule has 1 heterocycles. The molecule has 0 radical (unpaired) electrons. The van der Waals surface area contributed by atoms with E-state index in [0.29, 0.717) is 13.0 Å². The maximum Gasteiger partial charge on any atom is 0.243 e. The lowest BCUT2D eigenvalue weighted by atomic mass is 10.4. The van der Waals surface area contributed by atoms with Crippen LogP contribution in [0.25, 0.3) is 0 Å². The van der Waals surface area contributed by atoms with Gasteiger partial charge >= 0.3 is 0 Å². The monoisotopic (exact) mass is 268 g/mol. The summed E-state index contributed by atoms with van der Waals surface area (Å²) in [5.74, 6) is 0. The van der Waals surface area contributed by atoms with E-state index in [1.807, 2.05) is 6.92 Å². The van der Waals surface area contributed by atoms with Crippen LogP contribution in [0.2, 0.25) is 0 Å². The van der Waals surface area contributed by atoms with Crippen molar-refractivity contribution in [2.45, 2.75) is 18.2 Å². The second kappa shape index (κ2) is 7.06. The molecule has 6 nitrogen and oxygen atoms in total. The van der Waals surface area contributed by atoms with E-state index in [9.17, 15) is 8.42 Å². The van der Waals surface area contributed by atoms with E-state index in [2.05, 4.69) is 15.0 Å². The first-order valence-electron chi connectivity index (χ1n) is 5.67. The van der Waals surface area contributed by atoms with Crippen molar-refractivity contribution in [2.75, 3.05) is 19.6 Å². The molecule has 98 valence electrons. The number of sulfonamides is 1. The summed E-state index contributed by atoms with van der Waals surface area (Å²) in [6.07, 6.45) is 2.08. The minimum atomic E-state index is -3.65. The average Bonchev–Trinajstić information content (AvgIpc) is 2.38. The van der Waals surface area contributed by atoms with Crippen LogP contribution in [0, 0.1) is 11.3 Å². The van der Waals surface area contributed by atoms with Gasteiger partial charge in [-0.15, -0.1) is 0 Å². The lowest BCUT2D eigenvalue weighted by Gasteiger charge is -2.07. The van der Waals surface area contributed by atoms with Crippen molar-refractivity contribution in [1.29, 1.82) is 5.26 Å². The van der Waals surface area contributed by atoms with Gasteiger partial charge in [0.15, 0.2) is 5.69 Å². The highest BCUT2D eigenvalue weighted by Gasteiger charge is 2.18. The fraction of sp³-hybridized carbons (Fsp3) is 0.455. The molecule has 0 aromatic carbocycles. The first-order chi connectivity index (χ1) is 8.61. The summed E-state index contributed by atoms with van der Waals surface area (Å²) in [5.41, 5.74) is -0.0864. The molecule has 0 atom stereocenters. The van der Waals surface area contributed by atoms with Crippen LogP contribution in [0.5, 0.6) is 0 Å². The van der Waals surface area contributed by atoms with Crippen molar-refractivity contribution in [1.82, 2.24) is 15.0 Å². The molecule has 0 fully saturated rings. The third-order valence-electron chi connectivity index (χ3n) is 2.24. The smallest absolute Gasteiger partial charge is 0.243 e. The van der Waals surface area contributed by atoms with Crippen molar-refractivity contribution < 1.29 is 8.42 Å². The number of nitriles is 1. The van der Waals surface area contributed by atoms with E-state index in [-0.39, 0.29) is 10.6 Å². The number of nitrogens with one attached hydrogen (secondary N) is 2. The average molecular weight is 268 g/mol. The zero-order valence-corrected chi connectivity index (χ0v) is 11.0. The molecule has 0 unspecified atom stereocenters. The van der Waals surface area contributed by atoms with Crippen molar-refractivity contribution in [3.05, 3.63) is 24.0 Å². The number of hydrogen-bond acceptors (Lipinski definition) is 5. The van der Waals surface area contributed by atoms with Crippen LogP contribution in [0.4, 0.5) is 0 Å². The Labute approximate surface area is 107 Å². The summed E-state index contributed by atoms with van der Waals surface area (Å²) in [7, 11) is -3.65. The Morgan fingerprint density at radius 1 is 1.44 bits per heavy atom. The van der Waals surface area contributed by atoms with E-state index in [1.54, 1.807) is 6.07 Å². The molecule has 0 aliphatic heterocycles. The summed E-state index contributed by atoms with van der Waals surface area (Å²) in [6, 6.07) is 4.64. The van der Waals surface area contributed by atoms with Crippen LogP contribution in [-0.2, 0) is 10.0 Å². The van der Waals surface area contributed by atoms with Crippen molar-refractivity contribution in [3.8, 4) is 6.07 Å². The van der Waals surface area contributed by atoms with Crippen molar-refractivity contribution >= 4 is 10.0 Å².